The van der Waals surface area contributed by atoms with Crippen molar-refractivity contribution in [2.24, 2.45) is 5.73 Å². The maximum absolute atomic E-state index is 6.18. The number of nitrogens with two attached hydrogens (primary N) is 1. The van der Waals surface area contributed by atoms with Crippen molar-refractivity contribution in [3.8, 4) is 5.75 Å². The summed E-state index contributed by atoms with van der Waals surface area (Å²) in [6.45, 7) is 4.39. The largest absolute Gasteiger partial charge is 0.490 e. The average Bonchev–Trinajstić information content (AvgIpc) is 3.23. The quantitative estimate of drug-likeness (QED) is 0.917. The van der Waals surface area contributed by atoms with Crippen LogP contribution in [0.25, 0.3) is 0 Å². The molecule has 1 saturated heterocycles. The molecule has 3 heteroatoms. The number of ether oxygens (including phenoxy) is 1. The Morgan fingerprint density at radius 2 is 2.00 bits per heavy atom. The van der Waals surface area contributed by atoms with Crippen LogP contribution in [0.3, 0.4) is 0 Å². The van der Waals surface area contributed by atoms with Crippen LogP contribution in [0.15, 0.2) is 24.3 Å². The van der Waals surface area contributed by atoms with Gasteiger partial charge in [-0.15, -0.1) is 0 Å². The normalized spacial score (nSPS) is 24.4. The highest BCUT2D eigenvalue weighted by molar-refractivity contribution is 5.39. The van der Waals surface area contributed by atoms with E-state index < -0.39 is 0 Å². The van der Waals surface area contributed by atoms with E-state index in [9.17, 15) is 0 Å². The molecule has 0 bridgehead atoms. The highest BCUT2D eigenvalue weighted by Crippen LogP contribution is 2.50. The second kappa shape index (κ2) is 5.38. The fourth-order valence-corrected chi connectivity index (χ4v) is 3.32. The molecule has 1 aliphatic heterocycles. The third-order valence-electron chi connectivity index (χ3n) is 5.04. The van der Waals surface area contributed by atoms with Gasteiger partial charge in [-0.2, -0.15) is 0 Å². The molecular formula is C17H26N2O. The fourth-order valence-electron chi connectivity index (χ4n) is 3.32. The molecule has 1 heterocycles. The minimum absolute atomic E-state index is 0.214. The van der Waals surface area contributed by atoms with Gasteiger partial charge in [-0.1, -0.05) is 12.1 Å². The van der Waals surface area contributed by atoms with Gasteiger partial charge in [0.15, 0.2) is 0 Å². The zero-order chi connectivity index (χ0) is 14.2. The maximum Gasteiger partial charge on any atom is 0.120 e. The number of likely N-dealkylation sites (tertiary alicyclic amines) is 1. The van der Waals surface area contributed by atoms with Gasteiger partial charge in [-0.25, -0.2) is 0 Å². The highest BCUT2D eigenvalue weighted by Gasteiger charge is 2.47. The molecule has 1 aromatic carbocycles. The summed E-state index contributed by atoms with van der Waals surface area (Å²) in [7, 11) is 2.18. The molecule has 0 radical (unpaired) electrons. The Kier molecular flexibility index (Phi) is 3.74. The Morgan fingerprint density at radius 3 is 2.60 bits per heavy atom. The number of hydrogen-bond donors (Lipinski definition) is 1. The topological polar surface area (TPSA) is 38.5 Å². The molecule has 1 atom stereocenters. The molecule has 1 unspecified atom stereocenters. The van der Waals surface area contributed by atoms with Crippen LogP contribution in [-0.2, 0) is 5.41 Å². The predicted octanol–water partition coefficient (Wildman–Crippen LogP) is 2.54. The van der Waals surface area contributed by atoms with Crippen molar-refractivity contribution in [3.05, 3.63) is 29.8 Å². The summed E-state index contributed by atoms with van der Waals surface area (Å²) < 4.78 is 6.18. The van der Waals surface area contributed by atoms with Crippen molar-refractivity contribution >= 4 is 0 Å². The van der Waals surface area contributed by atoms with Crippen molar-refractivity contribution in [2.75, 3.05) is 20.1 Å². The van der Waals surface area contributed by atoms with Crippen LogP contribution in [0.4, 0.5) is 0 Å². The Balaban J connectivity index is 1.69. The van der Waals surface area contributed by atoms with Crippen LogP contribution in [-0.4, -0.2) is 37.2 Å². The average molecular weight is 274 g/mol. The Labute approximate surface area is 122 Å². The van der Waals surface area contributed by atoms with Gasteiger partial charge in [-0.05, 0) is 57.4 Å². The molecule has 0 aromatic heterocycles. The number of piperidine rings is 1. The lowest BCUT2D eigenvalue weighted by atomic mass is 9.89. The molecule has 2 fully saturated rings. The van der Waals surface area contributed by atoms with Crippen LogP contribution in [0, 0.1) is 0 Å². The first-order valence-electron chi connectivity index (χ1n) is 7.81. The van der Waals surface area contributed by atoms with E-state index in [0.29, 0.717) is 6.10 Å². The first-order valence-corrected chi connectivity index (χ1v) is 7.81. The highest BCUT2D eigenvalue weighted by atomic mass is 16.5. The summed E-state index contributed by atoms with van der Waals surface area (Å²) in [6.07, 6.45) is 5.04. The molecule has 110 valence electrons. The molecule has 3 nitrogen and oxygen atoms in total. The monoisotopic (exact) mass is 274 g/mol. The fraction of sp³-hybridized carbons (Fsp3) is 0.647. The van der Waals surface area contributed by atoms with E-state index in [4.69, 9.17) is 10.5 Å². The molecule has 0 amide bonds. The van der Waals surface area contributed by atoms with E-state index in [2.05, 4.69) is 43.1 Å². The standard InChI is InChI=1S/C17H26N2O/c1-13(18)17(8-9-17)14-4-3-5-16(12-14)20-15-6-10-19(2)11-7-15/h3-5,12-13,15H,6-11,18H2,1-2H3. The van der Waals surface area contributed by atoms with Gasteiger partial charge >= 0.3 is 0 Å². The second-order valence-corrected chi connectivity index (χ2v) is 6.59. The molecule has 2 N–H and O–H groups in total. The van der Waals surface area contributed by atoms with E-state index in [1.807, 2.05) is 0 Å². The van der Waals surface area contributed by atoms with Crippen molar-refractivity contribution in [1.29, 1.82) is 0 Å². The minimum atomic E-state index is 0.214. The molecule has 1 aromatic rings. The summed E-state index contributed by atoms with van der Waals surface area (Å²) in [6, 6.07) is 8.84. The molecule has 3 rings (SSSR count). The molecule has 1 saturated carbocycles. The number of benzene rings is 1. The zero-order valence-electron chi connectivity index (χ0n) is 12.6. The van der Waals surface area contributed by atoms with Gasteiger partial charge in [0.1, 0.15) is 11.9 Å². The number of rotatable bonds is 4. The zero-order valence-corrected chi connectivity index (χ0v) is 12.6. The second-order valence-electron chi connectivity index (χ2n) is 6.59. The SMILES string of the molecule is CC(N)C1(c2cccc(OC3CCN(C)CC3)c2)CC1. The molecule has 0 spiro atoms. The van der Waals surface area contributed by atoms with E-state index in [1.54, 1.807) is 0 Å². The Hall–Kier alpha value is -1.06. The van der Waals surface area contributed by atoms with Gasteiger partial charge in [0.2, 0.25) is 0 Å². The van der Waals surface area contributed by atoms with Crippen LogP contribution in [0.1, 0.15) is 38.2 Å². The Morgan fingerprint density at radius 1 is 1.30 bits per heavy atom. The summed E-state index contributed by atoms with van der Waals surface area (Å²) in [5.41, 5.74) is 7.74. The van der Waals surface area contributed by atoms with Crippen molar-refractivity contribution in [2.45, 2.75) is 50.2 Å². The lowest BCUT2D eigenvalue weighted by Gasteiger charge is -2.29. The summed E-state index contributed by atoms with van der Waals surface area (Å²) >= 11 is 0. The van der Waals surface area contributed by atoms with E-state index in [1.165, 1.54) is 18.4 Å². The number of hydrogen-bond acceptors (Lipinski definition) is 3. The lowest BCUT2D eigenvalue weighted by molar-refractivity contribution is 0.114. The molecular weight excluding hydrogens is 248 g/mol. The summed E-state index contributed by atoms with van der Waals surface area (Å²) in [5, 5.41) is 0. The van der Waals surface area contributed by atoms with Gasteiger partial charge < -0.3 is 15.4 Å². The molecule has 1 aliphatic carbocycles. The lowest BCUT2D eigenvalue weighted by Crippen LogP contribution is -2.35. The smallest absolute Gasteiger partial charge is 0.120 e. The van der Waals surface area contributed by atoms with Gasteiger partial charge in [0.05, 0.1) is 0 Å². The van der Waals surface area contributed by atoms with E-state index >= 15 is 0 Å². The van der Waals surface area contributed by atoms with Gasteiger partial charge in [0, 0.05) is 24.5 Å². The van der Waals surface area contributed by atoms with Crippen LogP contribution in [0.5, 0.6) is 5.75 Å². The summed E-state index contributed by atoms with van der Waals surface area (Å²) in [5.74, 6) is 1.02. The van der Waals surface area contributed by atoms with Gasteiger partial charge in [0.25, 0.3) is 0 Å². The van der Waals surface area contributed by atoms with Crippen LogP contribution in [0.2, 0.25) is 0 Å². The maximum atomic E-state index is 6.18. The number of nitrogens with zero attached hydrogens (tertiary/aromatic N) is 1. The van der Waals surface area contributed by atoms with E-state index in [0.717, 1.165) is 31.7 Å². The van der Waals surface area contributed by atoms with Crippen molar-refractivity contribution in [3.63, 3.8) is 0 Å². The van der Waals surface area contributed by atoms with Crippen molar-refractivity contribution in [1.82, 2.24) is 4.90 Å². The van der Waals surface area contributed by atoms with E-state index in [-0.39, 0.29) is 11.5 Å². The molecule has 2 aliphatic rings. The predicted molar refractivity (Wildman–Crippen MR) is 82.2 cm³/mol. The summed E-state index contributed by atoms with van der Waals surface area (Å²) in [4.78, 5) is 2.37. The first kappa shape index (κ1) is 13.9. The first-order chi connectivity index (χ1) is 9.60. The van der Waals surface area contributed by atoms with Gasteiger partial charge in [-0.3, -0.25) is 0 Å². The Bertz CT molecular complexity index is 460. The van der Waals surface area contributed by atoms with Crippen LogP contribution >= 0.6 is 0 Å². The minimum Gasteiger partial charge on any atom is -0.490 e. The third-order valence-corrected chi connectivity index (χ3v) is 5.04. The van der Waals surface area contributed by atoms with Crippen molar-refractivity contribution < 1.29 is 4.74 Å². The van der Waals surface area contributed by atoms with Crippen LogP contribution < -0.4 is 10.5 Å². The third kappa shape index (κ3) is 2.70. The molecule has 20 heavy (non-hydrogen) atoms.